The molecule has 1 saturated heterocycles. The van der Waals surface area contributed by atoms with Gasteiger partial charge in [-0.05, 0) is 60.8 Å². The fourth-order valence-corrected chi connectivity index (χ4v) is 7.51. The normalized spacial score (nSPS) is 18.4. The molecule has 1 atom stereocenters. The van der Waals surface area contributed by atoms with Crippen LogP contribution < -0.4 is 20.2 Å². The average Bonchev–Trinajstić information content (AvgIpc) is 3.77. The summed E-state index contributed by atoms with van der Waals surface area (Å²) in [6.07, 6.45) is 11.4. The first kappa shape index (κ1) is 30.3. The number of hydrogen-bond donors (Lipinski definition) is 1. The van der Waals surface area contributed by atoms with Crippen molar-refractivity contribution in [3.63, 3.8) is 0 Å². The van der Waals surface area contributed by atoms with Gasteiger partial charge in [-0.3, -0.25) is 19.1 Å². The van der Waals surface area contributed by atoms with E-state index in [4.69, 9.17) is 25.5 Å². The van der Waals surface area contributed by atoms with E-state index < -0.39 is 17.4 Å². The number of fused-ring (bicyclic) bond motifs is 2. The molecular weight excluding hydrogens is 610 g/mol. The fraction of sp³-hybridized carbons (Fsp3) is 0.441. The molecule has 2 aromatic heterocycles. The molecule has 4 aromatic rings. The van der Waals surface area contributed by atoms with Crippen LogP contribution in [0.15, 0.2) is 64.3 Å². The summed E-state index contributed by atoms with van der Waals surface area (Å²) >= 11 is 6.12. The van der Waals surface area contributed by atoms with Crippen LogP contribution in [0, 0.1) is 11.3 Å². The molecule has 3 aliphatic rings. The maximum absolute atomic E-state index is 14.2. The maximum atomic E-state index is 14.2. The topological polar surface area (TPSA) is 129 Å². The molecule has 0 spiro atoms. The average molecular weight is 646 g/mol. The lowest BCUT2D eigenvalue weighted by Crippen LogP contribution is -2.54. The fourth-order valence-electron chi connectivity index (χ4n) is 7.38. The minimum Gasteiger partial charge on any atom is -0.454 e. The first-order valence-corrected chi connectivity index (χ1v) is 16.3. The van der Waals surface area contributed by atoms with Gasteiger partial charge in [0.05, 0.1) is 5.39 Å². The van der Waals surface area contributed by atoms with Crippen molar-refractivity contribution in [2.45, 2.75) is 64.0 Å². The second kappa shape index (κ2) is 12.8. The lowest BCUT2D eigenvalue weighted by molar-refractivity contribution is -0.136. The number of amides is 2. The van der Waals surface area contributed by atoms with Crippen LogP contribution in [0.1, 0.15) is 61.1 Å². The number of likely N-dealkylation sites (tertiary alicyclic amines) is 1. The number of halogens is 1. The molecule has 7 rings (SSSR count). The van der Waals surface area contributed by atoms with E-state index in [2.05, 4.69) is 15.4 Å². The van der Waals surface area contributed by atoms with Gasteiger partial charge in [0.2, 0.25) is 12.7 Å². The summed E-state index contributed by atoms with van der Waals surface area (Å²) < 4.78 is 18.6. The second-order valence-corrected chi connectivity index (χ2v) is 13.1. The van der Waals surface area contributed by atoms with Crippen LogP contribution in [0.2, 0.25) is 5.02 Å². The SMILES string of the molecule is O=C(N[C@H](Cc1ccc(Cl)cc1)C(=O)N1CCC(Cn2cncn2)(C2CCCCC2)CC1)c1cc(=O)c2cc3c(cc2o1)OCO3. The first-order valence-electron chi connectivity index (χ1n) is 15.9. The molecule has 12 heteroatoms. The minimum absolute atomic E-state index is 0.0310. The molecule has 0 unspecified atom stereocenters. The van der Waals surface area contributed by atoms with Crippen molar-refractivity contribution in [2.75, 3.05) is 19.9 Å². The zero-order chi connectivity index (χ0) is 31.7. The summed E-state index contributed by atoms with van der Waals surface area (Å²) in [4.78, 5) is 46.8. The highest BCUT2D eigenvalue weighted by Crippen LogP contribution is 2.47. The van der Waals surface area contributed by atoms with E-state index in [9.17, 15) is 14.4 Å². The Labute approximate surface area is 270 Å². The van der Waals surface area contributed by atoms with Crippen molar-refractivity contribution in [3.05, 3.63) is 81.7 Å². The number of aromatic nitrogens is 3. The van der Waals surface area contributed by atoms with Gasteiger partial charge in [-0.15, -0.1) is 0 Å². The van der Waals surface area contributed by atoms with Gasteiger partial charge in [0.25, 0.3) is 5.91 Å². The Balaban J connectivity index is 1.12. The van der Waals surface area contributed by atoms with Crippen molar-refractivity contribution >= 4 is 34.4 Å². The third-order valence-electron chi connectivity index (χ3n) is 9.89. The van der Waals surface area contributed by atoms with Crippen LogP contribution in [-0.2, 0) is 17.8 Å². The van der Waals surface area contributed by atoms with E-state index in [-0.39, 0.29) is 41.3 Å². The van der Waals surface area contributed by atoms with E-state index >= 15 is 0 Å². The van der Waals surface area contributed by atoms with Gasteiger partial charge in [-0.1, -0.05) is 43.0 Å². The summed E-state index contributed by atoms with van der Waals surface area (Å²) in [6.45, 7) is 1.98. The maximum Gasteiger partial charge on any atom is 0.287 e. The summed E-state index contributed by atoms with van der Waals surface area (Å²) in [6, 6.07) is 10.6. The number of nitrogens with zero attached hydrogens (tertiary/aromatic N) is 4. The lowest BCUT2D eigenvalue weighted by Gasteiger charge is -2.48. The van der Waals surface area contributed by atoms with E-state index in [1.165, 1.54) is 38.2 Å². The molecule has 0 bridgehead atoms. The molecule has 2 aromatic carbocycles. The molecule has 1 saturated carbocycles. The van der Waals surface area contributed by atoms with E-state index in [1.807, 2.05) is 21.7 Å². The third kappa shape index (κ3) is 6.20. The number of piperidine rings is 1. The van der Waals surface area contributed by atoms with Crippen LogP contribution in [0.4, 0.5) is 0 Å². The van der Waals surface area contributed by atoms with Gasteiger partial charge in [-0.2, -0.15) is 5.10 Å². The molecule has 1 aliphatic carbocycles. The Kier molecular flexibility index (Phi) is 8.42. The van der Waals surface area contributed by atoms with E-state index in [1.54, 1.807) is 30.9 Å². The van der Waals surface area contributed by atoms with Gasteiger partial charge in [0, 0.05) is 43.2 Å². The number of benzene rings is 2. The lowest BCUT2D eigenvalue weighted by atomic mass is 9.63. The Morgan fingerprint density at radius 2 is 1.76 bits per heavy atom. The largest absolute Gasteiger partial charge is 0.454 e. The first-order chi connectivity index (χ1) is 22.4. The van der Waals surface area contributed by atoms with Crippen molar-refractivity contribution in [1.82, 2.24) is 25.0 Å². The highest BCUT2D eigenvalue weighted by atomic mass is 35.5. The van der Waals surface area contributed by atoms with E-state index in [0.29, 0.717) is 35.5 Å². The molecule has 11 nitrogen and oxygen atoms in total. The van der Waals surface area contributed by atoms with Gasteiger partial charge >= 0.3 is 0 Å². The van der Waals surface area contributed by atoms with E-state index in [0.717, 1.165) is 31.0 Å². The molecule has 2 fully saturated rings. The minimum atomic E-state index is -0.885. The van der Waals surface area contributed by atoms with Crippen molar-refractivity contribution < 1.29 is 23.5 Å². The molecule has 46 heavy (non-hydrogen) atoms. The molecular formula is C34H36ClN5O6. The molecule has 0 radical (unpaired) electrons. The number of nitrogens with one attached hydrogen (secondary N) is 1. The predicted octanol–water partition coefficient (Wildman–Crippen LogP) is 5.00. The van der Waals surface area contributed by atoms with Gasteiger partial charge < -0.3 is 24.1 Å². The monoisotopic (exact) mass is 645 g/mol. The van der Waals surface area contributed by atoms with Crippen molar-refractivity contribution in [2.24, 2.45) is 11.3 Å². The number of carbonyl (C=O) groups is 2. The number of carbonyl (C=O) groups excluding carboxylic acids is 2. The summed E-state index contributed by atoms with van der Waals surface area (Å²) in [7, 11) is 0. The highest BCUT2D eigenvalue weighted by Gasteiger charge is 2.44. The number of hydrogen-bond acceptors (Lipinski definition) is 8. The standard InChI is InChI=1S/C34H36ClN5O6/c35-24-8-6-22(7-9-24)14-26(38-32(42)31-16-27(41)25-15-29-30(45-21-44-29)17-28(25)46-31)33(43)39-12-10-34(11-13-39,18-40-20-36-19-37-40)23-4-2-1-3-5-23/h6-9,15-17,19-20,23,26H,1-5,10-14,18,21H2,(H,38,42)/t26-/m1/s1. The molecule has 240 valence electrons. The third-order valence-corrected chi connectivity index (χ3v) is 10.1. The molecule has 4 heterocycles. The van der Waals surface area contributed by atoms with Gasteiger partial charge in [-0.25, -0.2) is 4.98 Å². The van der Waals surface area contributed by atoms with Crippen molar-refractivity contribution in [3.8, 4) is 11.5 Å². The van der Waals surface area contributed by atoms with Crippen LogP contribution in [0.5, 0.6) is 11.5 Å². The van der Waals surface area contributed by atoms with Crippen LogP contribution in [-0.4, -0.2) is 57.4 Å². The number of ether oxygens (including phenoxy) is 2. The molecule has 1 N–H and O–H groups in total. The smallest absolute Gasteiger partial charge is 0.287 e. The Morgan fingerprint density at radius 3 is 2.48 bits per heavy atom. The van der Waals surface area contributed by atoms with Crippen LogP contribution >= 0.6 is 11.6 Å². The summed E-state index contributed by atoms with van der Waals surface area (Å²) in [5, 5.41) is 8.15. The molecule has 2 aliphatic heterocycles. The van der Waals surface area contributed by atoms with Crippen LogP contribution in [0.3, 0.4) is 0 Å². The molecule has 2 amide bonds. The predicted molar refractivity (Wildman–Crippen MR) is 170 cm³/mol. The highest BCUT2D eigenvalue weighted by molar-refractivity contribution is 6.30. The second-order valence-electron chi connectivity index (χ2n) is 12.6. The zero-order valence-corrected chi connectivity index (χ0v) is 26.2. The Hall–Kier alpha value is -4.38. The summed E-state index contributed by atoms with van der Waals surface area (Å²) in [5.74, 6) is 0.439. The quantitative estimate of drug-likeness (QED) is 0.284. The van der Waals surface area contributed by atoms with Crippen molar-refractivity contribution in [1.29, 1.82) is 0 Å². The summed E-state index contributed by atoms with van der Waals surface area (Å²) in [5.41, 5.74) is 0.677. The van der Waals surface area contributed by atoms with Crippen LogP contribution in [0.25, 0.3) is 11.0 Å². The zero-order valence-electron chi connectivity index (χ0n) is 25.5. The number of rotatable bonds is 8. The van der Waals surface area contributed by atoms with Gasteiger partial charge in [0.15, 0.2) is 22.7 Å². The van der Waals surface area contributed by atoms with Gasteiger partial charge in [0.1, 0.15) is 24.3 Å². The Morgan fingerprint density at radius 1 is 1.02 bits per heavy atom. The Bertz CT molecular complexity index is 1780.